The van der Waals surface area contributed by atoms with Crippen LogP contribution in [-0.2, 0) is 32.6 Å². The summed E-state index contributed by atoms with van der Waals surface area (Å²) < 4.78 is 33.8. The highest BCUT2D eigenvalue weighted by molar-refractivity contribution is 7.89. The average Bonchev–Trinajstić information content (AvgIpc) is 2.84. The second-order valence-corrected chi connectivity index (χ2v) is 9.28. The fourth-order valence-electron chi connectivity index (χ4n) is 3.25. The van der Waals surface area contributed by atoms with Gasteiger partial charge in [-0.05, 0) is 29.7 Å². The number of hydrogen-bond donors (Lipinski definition) is 3. The minimum atomic E-state index is -3.95. The fraction of sp³-hybridized carbons (Fsp3) is 0.240. The van der Waals surface area contributed by atoms with E-state index in [1.165, 1.54) is 12.1 Å². The first-order valence-corrected chi connectivity index (χ1v) is 12.1. The van der Waals surface area contributed by atoms with Crippen LogP contribution in [0.2, 0.25) is 0 Å². The molecule has 0 heterocycles. The van der Waals surface area contributed by atoms with E-state index in [0.717, 1.165) is 11.1 Å². The van der Waals surface area contributed by atoms with Gasteiger partial charge in [-0.15, -0.1) is 0 Å². The fourth-order valence-corrected chi connectivity index (χ4v) is 4.45. The summed E-state index contributed by atoms with van der Waals surface area (Å²) in [4.78, 5) is 13.1. The van der Waals surface area contributed by atoms with E-state index >= 15 is 0 Å². The third-order valence-electron chi connectivity index (χ3n) is 4.96. The molecule has 0 aromatic heterocycles. The first kappa shape index (κ1) is 24.6. The molecule has 0 saturated carbocycles. The minimum Gasteiger partial charge on any atom is -0.394 e. The molecule has 0 aliphatic heterocycles. The summed E-state index contributed by atoms with van der Waals surface area (Å²) in [6, 6.07) is 24.9. The van der Waals surface area contributed by atoms with Gasteiger partial charge in [0.2, 0.25) is 15.9 Å². The van der Waals surface area contributed by atoms with E-state index in [1.807, 2.05) is 60.7 Å². The summed E-state index contributed by atoms with van der Waals surface area (Å²) >= 11 is 0. The maximum absolute atomic E-state index is 13.0. The van der Waals surface area contributed by atoms with E-state index in [4.69, 9.17) is 4.74 Å². The first-order valence-electron chi connectivity index (χ1n) is 10.6. The summed E-state index contributed by atoms with van der Waals surface area (Å²) in [5.41, 5.74) is 1.85. The van der Waals surface area contributed by atoms with Crippen molar-refractivity contribution in [2.45, 2.75) is 30.0 Å². The molecule has 0 unspecified atom stereocenters. The van der Waals surface area contributed by atoms with Crippen molar-refractivity contribution in [3.8, 4) is 0 Å². The lowest BCUT2D eigenvalue weighted by molar-refractivity contribution is -0.125. The Morgan fingerprint density at radius 1 is 0.848 bits per heavy atom. The van der Waals surface area contributed by atoms with Gasteiger partial charge in [-0.3, -0.25) is 4.79 Å². The van der Waals surface area contributed by atoms with Gasteiger partial charge in [-0.1, -0.05) is 78.9 Å². The quantitative estimate of drug-likeness (QED) is 0.378. The SMILES string of the molecule is O=C(N[C@H](CO)Cc1ccccc1)[C@@H](COCc1ccccc1)NS(=O)(=O)c1ccccc1. The van der Waals surface area contributed by atoms with Crippen LogP contribution >= 0.6 is 0 Å². The number of hydrogen-bond acceptors (Lipinski definition) is 5. The molecule has 33 heavy (non-hydrogen) atoms. The highest BCUT2D eigenvalue weighted by Gasteiger charge is 2.27. The number of carbonyl (C=O) groups is 1. The Morgan fingerprint density at radius 3 is 1.97 bits per heavy atom. The topological polar surface area (TPSA) is 105 Å². The number of benzene rings is 3. The molecule has 0 aliphatic carbocycles. The van der Waals surface area contributed by atoms with Crippen LogP contribution in [0.15, 0.2) is 95.9 Å². The van der Waals surface area contributed by atoms with Crippen molar-refractivity contribution in [3.63, 3.8) is 0 Å². The monoisotopic (exact) mass is 468 g/mol. The number of ether oxygens (including phenoxy) is 1. The summed E-state index contributed by atoms with van der Waals surface area (Å²) in [6.07, 6.45) is 0.409. The van der Waals surface area contributed by atoms with Gasteiger partial charge in [-0.25, -0.2) is 8.42 Å². The van der Waals surface area contributed by atoms with Crippen LogP contribution in [-0.4, -0.2) is 44.7 Å². The summed E-state index contributed by atoms with van der Waals surface area (Å²) in [7, 11) is -3.95. The van der Waals surface area contributed by atoms with Crippen molar-refractivity contribution in [2.24, 2.45) is 0 Å². The van der Waals surface area contributed by atoms with E-state index in [0.29, 0.717) is 6.42 Å². The molecule has 0 saturated heterocycles. The Balaban J connectivity index is 1.70. The molecule has 3 aromatic carbocycles. The highest BCUT2D eigenvalue weighted by atomic mass is 32.2. The van der Waals surface area contributed by atoms with Gasteiger partial charge in [0.25, 0.3) is 0 Å². The molecule has 3 rings (SSSR count). The summed E-state index contributed by atoms with van der Waals surface area (Å²) in [6.45, 7) is -0.231. The molecular formula is C25H28N2O5S. The number of amides is 1. The second kappa shape index (κ2) is 12.3. The third-order valence-corrected chi connectivity index (χ3v) is 6.44. The predicted molar refractivity (Wildman–Crippen MR) is 126 cm³/mol. The third kappa shape index (κ3) is 7.80. The molecule has 0 bridgehead atoms. The molecule has 3 N–H and O–H groups in total. The van der Waals surface area contributed by atoms with E-state index < -0.39 is 28.0 Å². The maximum atomic E-state index is 13.0. The van der Waals surface area contributed by atoms with Crippen molar-refractivity contribution >= 4 is 15.9 Å². The number of aliphatic hydroxyl groups excluding tert-OH is 1. The minimum absolute atomic E-state index is 0.0499. The standard InChI is InChI=1S/C25H28N2O5S/c28-17-22(16-20-10-4-1-5-11-20)26-25(29)24(19-32-18-21-12-6-2-7-13-21)27-33(30,31)23-14-8-3-9-15-23/h1-15,22,24,27-28H,16-19H2,(H,26,29)/t22-,24+/m0/s1. The average molecular weight is 469 g/mol. The van der Waals surface area contributed by atoms with Crippen LogP contribution in [0.5, 0.6) is 0 Å². The van der Waals surface area contributed by atoms with Crippen molar-refractivity contribution < 1.29 is 23.1 Å². The van der Waals surface area contributed by atoms with Crippen molar-refractivity contribution in [3.05, 3.63) is 102 Å². The second-order valence-electron chi connectivity index (χ2n) is 7.57. The summed E-state index contributed by atoms with van der Waals surface area (Å²) in [5, 5.41) is 12.5. The van der Waals surface area contributed by atoms with Gasteiger partial charge in [-0.2, -0.15) is 4.72 Å². The molecule has 2 atom stereocenters. The van der Waals surface area contributed by atoms with Crippen molar-refractivity contribution in [1.29, 1.82) is 0 Å². The van der Waals surface area contributed by atoms with Crippen LogP contribution in [0.4, 0.5) is 0 Å². The van der Waals surface area contributed by atoms with Crippen LogP contribution in [0.25, 0.3) is 0 Å². The Kier molecular flexibility index (Phi) is 9.14. The van der Waals surface area contributed by atoms with E-state index in [-0.39, 0.29) is 24.7 Å². The zero-order valence-electron chi connectivity index (χ0n) is 18.1. The van der Waals surface area contributed by atoms with Gasteiger partial charge in [0.05, 0.1) is 30.8 Å². The summed E-state index contributed by atoms with van der Waals surface area (Å²) in [5.74, 6) is -0.572. The van der Waals surface area contributed by atoms with Crippen LogP contribution < -0.4 is 10.0 Å². The molecule has 1 amide bonds. The van der Waals surface area contributed by atoms with Gasteiger partial charge in [0, 0.05) is 0 Å². The Morgan fingerprint density at radius 2 is 1.39 bits per heavy atom. The lowest BCUT2D eigenvalue weighted by Gasteiger charge is -2.22. The number of carbonyl (C=O) groups excluding carboxylic acids is 1. The zero-order valence-corrected chi connectivity index (χ0v) is 18.9. The van der Waals surface area contributed by atoms with Gasteiger partial charge < -0.3 is 15.2 Å². The van der Waals surface area contributed by atoms with E-state index in [1.54, 1.807) is 18.2 Å². The Bertz CT molecular complexity index is 1090. The van der Waals surface area contributed by atoms with Gasteiger partial charge >= 0.3 is 0 Å². The number of aliphatic hydroxyl groups is 1. The Labute approximate surface area is 194 Å². The van der Waals surface area contributed by atoms with Crippen molar-refractivity contribution in [1.82, 2.24) is 10.0 Å². The van der Waals surface area contributed by atoms with Crippen LogP contribution in [0.3, 0.4) is 0 Å². The largest absolute Gasteiger partial charge is 0.394 e. The lowest BCUT2D eigenvalue weighted by atomic mass is 10.1. The number of sulfonamides is 1. The van der Waals surface area contributed by atoms with Crippen LogP contribution in [0, 0.1) is 0 Å². The number of rotatable bonds is 12. The van der Waals surface area contributed by atoms with E-state index in [2.05, 4.69) is 10.0 Å². The van der Waals surface area contributed by atoms with Crippen molar-refractivity contribution in [2.75, 3.05) is 13.2 Å². The Hall–Kier alpha value is -3.04. The lowest BCUT2D eigenvalue weighted by Crippen LogP contribution is -2.52. The zero-order chi connectivity index (χ0) is 23.5. The number of nitrogens with one attached hydrogen (secondary N) is 2. The molecule has 0 radical (unpaired) electrons. The van der Waals surface area contributed by atoms with E-state index in [9.17, 15) is 18.3 Å². The first-order chi connectivity index (χ1) is 16.0. The molecule has 0 spiro atoms. The van der Waals surface area contributed by atoms with Crippen LogP contribution in [0.1, 0.15) is 11.1 Å². The molecule has 7 nitrogen and oxygen atoms in total. The predicted octanol–water partition coefficient (Wildman–Crippen LogP) is 2.27. The van der Waals surface area contributed by atoms with Gasteiger partial charge in [0.1, 0.15) is 6.04 Å². The smallest absolute Gasteiger partial charge is 0.241 e. The molecular weight excluding hydrogens is 440 g/mol. The molecule has 8 heteroatoms. The highest BCUT2D eigenvalue weighted by Crippen LogP contribution is 2.10. The molecule has 174 valence electrons. The molecule has 0 fully saturated rings. The maximum Gasteiger partial charge on any atom is 0.241 e. The van der Waals surface area contributed by atoms with Gasteiger partial charge in [0.15, 0.2) is 0 Å². The molecule has 0 aliphatic rings. The molecule has 3 aromatic rings. The normalized spacial score (nSPS) is 13.2.